The average molecular weight is 368 g/mol. The van der Waals surface area contributed by atoms with Gasteiger partial charge in [0.1, 0.15) is 11.1 Å². The van der Waals surface area contributed by atoms with Crippen molar-refractivity contribution in [2.75, 3.05) is 12.4 Å². The molecule has 0 saturated carbocycles. The summed E-state index contributed by atoms with van der Waals surface area (Å²) in [5.74, 6) is 0.633. The van der Waals surface area contributed by atoms with Gasteiger partial charge in [-0.2, -0.15) is 0 Å². The van der Waals surface area contributed by atoms with E-state index in [1.165, 1.54) is 0 Å². The average Bonchev–Trinajstić information content (AvgIpc) is 3.21. The minimum absolute atomic E-state index is 0.291. The summed E-state index contributed by atoms with van der Waals surface area (Å²) in [6.45, 7) is 0. The third kappa shape index (κ3) is 2.86. The lowest BCUT2D eigenvalue weighted by Gasteiger charge is -2.27. The maximum atomic E-state index is 13.2. The number of aromatic amines is 1. The van der Waals surface area contributed by atoms with Gasteiger partial charge in [0.25, 0.3) is 0 Å². The minimum atomic E-state index is -3.52. The fourth-order valence-electron chi connectivity index (χ4n) is 3.38. The molecule has 2 N–H and O–H groups in total. The number of aryl methyl sites for hydroxylation is 1. The molecule has 0 bridgehead atoms. The molecule has 0 fully saturated rings. The van der Waals surface area contributed by atoms with Crippen molar-refractivity contribution in [3.8, 4) is 17.0 Å². The zero-order chi connectivity index (χ0) is 18.1. The number of methoxy groups -OCH3 is 1. The van der Waals surface area contributed by atoms with Gasteiger partial charge in [-0.1, -0.05) is 18.2 Å². The number of anilines is 1. The Balaban J connectivity index is 1.72. The third-order valence-corrected chi connectivity index (χ3v) is 6.79. The summed E-state index contributed by atoms with van der Waals surface area (Å²) in [5, 5.41) is 2.55. The number of rotatable bonds is 4. The zero-order valence-corrected chi connectivity index (χ0v) is 15.2. The summed E-state index contributed by atoms with van der Waals surface area (Å²) in [5.41, 5.74) is 3.60. The van der Waals surface area contributed by atoms with Crippen LogP contribution in [0, 0.1) is 0 Å². The molecule has 1 aliphatic heterocycles. The van der Waals surface area contributed by atoms with Crippen LogP contribution in [0.25, 0.3) is 11.3 Å². The Kier molecular flexibility index (Phi) is 4.20. The number of ether oxygens (including phenoxy) is 1. The van der Waals surface area contributed by atoms with E-state index in [1.807, 2.05) is 36.4 Å². The Bertz CT molecular complexity index is 1030. The van der Waals surface area contributed by atoms with Gasteiger partial charge in [0.05, 0.1) is 12.0 Å². The fraction of sp³-hybridized carbons (Fsp3) is 0.200. The molecule has 2 aromatic carbocycles. The number of H-pyrrole nitrogens is 1. The molecule has 1 aliphatic rings. The van der Waals surface area contributed by atoms with Crippen LogP contribution in [0.3, 0.4) is 0 Å². The molecule has 2 heterocycles. The summed E-state index contributed by atoms with van der Waals surface area (Å²) in [6.07, 6.45) is 3.09. The molecule has 0 aliphatic carbocycles. The Morgan fingerprint density at radius 1 is 1.08 bits per heavy atom. The molecular formula is C20H20N2O3S. The van der Waals surface area contributed by atoms with E-state index < -0.39 is 15.2 Å². The molecule has 134 valence electrons. The third-order valence-electron chi connectivity index (χ3n) is 4.77. The van der Waals surface area contributed by atoms with E-state index in [4.69, 9.17) is 4.74 Å². The zero-order valence-electron chi connectivity index (χ0n) is 14.4. The van der Waals surface area contributed by atoms with Gasteiger partial charge in [0.2, 0.25) is 0 Å². The Morgan fingerprint density at radius 2 is 1.92 bits per heavy atom. The van der Waals surface area contributed by atoms with Crippen LogP contribution in [0.2, 0.25) is 0 Å². The van der Waals surface area contributed by atoms with E-state index in [2.05, 4.69) is 10.3 Å². The molecule has 4 rings (SSSR count). The van der Waals surface area contributed by atoms with Crippen LogP contribution in [0.5, 0.6) is 5.75 Å². The standard InChI is InChI=1S/C20H20N2O3S/c1-25-19-10-9-15(13-16(19)18-7-4-12-21-18)26(23,24)20-11-8-14-5-2-3-6-17(14)22-20/h2-7,9-10,12-13,20-22H,8,11H2,1H3. The van der Waals surface area contributed by atoms with Gasteiger partial charge in [-0.25, -0.2) is 8.42 Å². The van der Waals surface area contributed by atoms with E-state index >= 15 is 0 Å². The molecule has 1 unspecified atom stereocenters. The van der Waals surface area contributed by atoms with Crippen molar-refractivity contribution in [3.05, 3.63) is 66.4 Å². The molecular weight excluding hydrogens is 348 g/mol. The largest absolute Gasteiger partial charge is 0.496 e. The molecule has 0 radical (unpaired) electrons. The van der Waals surface area contributed by atoms with Crippen molar-refractivity contribution in [1.29, 1.82) is 0 Å². The van der Waals surface area contributed by atoms with Crippen LogP contribution in [-0.2, 0) is 16.3 Å². The molecule has 0 amide bonds. The first-order chi connectivity index (χ1) is 12.6. The van der Waals surface area contributed by atoms with Crippen molar-refractivity contribution in [3.63, 3.8) is 0 Å². The van der Waals surface area contributed by atoms with Crippen molar-refractivity contribution in [1.82, 2.24) is 4.98 Å². The fourth-order valence-corrected chi connectivity index (χ4v) is 4.96. The maximum Gasteiger partial charge on any atom is 0.199 e. The first-order valence-electron chi connectivity index (χ1n) is 8.50. The molecule has 5 nitrogen and oxygen atoms in total. The van der Waals surface area contributed by atoms with Gasteiger partial charge in [-0.15, -0.1) is 0 Å². The number of para-hydroxylation sites is 1. The lowest BCUT2D eigenvalue weighted by molar-refractivity contribution is 0.416. The predicted molar refractivity (Wildman–Crippen MR) is 102 cm³/mol. The van der Waals surface area contributed by atoms with E-state index in [0.717, 1.165) is 28.9 Å². The van der Waals surface area contributed by atoms with Gasteiger partial charge >= 0.3 is 0 Å². The highest BCUT2D eigenvalue weighted by Gasteiger charge is 2.31. The van der Waals surface area contributed by atoms with Crippen LogP contribution >= 0.6 is 0 Å². The monoisotopic (exact) mass is 368 g/mol. The second-order valence-electron chi connectivity index (χ2n) is 6.32. The van der Waals surface area contributed by atoms with Gasteiger partial charge in [-0.05, 0) is 54.8 Å². The minimum Gasteiger partial charge on any atom is -0.496 e. The second kappa shape index (κ2) is 6.53. The number of fused-ring (bicyclic) bond motifs is 1. The van der Waals surface area contributed by atoms with Gasteiger partial charge in [-0.3, -0.25) is 0 Å². The lowest BCUT2D eigenvalue weighted by Crippen LogP contribution is -2.33. The molecule has 1 aromatic heterocycles. The van der Waals surface area contributed by atoms with E-state index in [1.54, 1.807) is 31.5 Å². The number of sulfone groups is 1. The summed E-state index contributed by atoms with van der Waals surface area (Å²) in [7, 11) is -1.94. The van der Waals surface area contributed by atoms with Crippen molar-refractivity contribution in [2.45, 2.75) is 23.1 Å². The smallest absolute Gasteiger partial charge is 0.199 e. The van der Waals surface area contributed by atoms with Crippen molar-refractivity contribution in [2.24, 2.45) is 0 Å². The molecule has 0 saturated heterocycles. The van der Waals surface area contributed by atoms with Gasteiger partial charge in [0, 0.05) is 23.1 Å². The highest BCUT2D eigenvalue weighted by Crippen LogP contribution is 2.34. The number of aromatic nitrogens is 1. The summed E-state index contributed by atoms with van der Waals surface area (Å²) in [4.78, 5) is 3.40. The number of hydrogen-bond acceptors (Lipinski definition) is 4. The summed E-state index contributed by atoms with van der Waals surface area (Å²) < 4.78 is 31.8. The van der Waals surface area contributed by atoms with Crippen molar-refractivity contribution < 1.29 is 13.2 Å². The molecule has 0 spiro atoms. The Morgan fingerprint density at radius 3 is 2.69 bits per heavy atom. The SMILES string of the molecule is COc1ccc(S(=O)(=O)C2CCc3ccccc3N2)cc1-c1ccc[nH]1. The molecule has 3 aromatic rings. The summed E-state index contributed by atoms with van der Waals surface area (Å²) in [6, 6.07) is 16.6. The van der Waals surface area contributed by atoms with Crippen LogP contribution in [-0.4, -0.2) is 25.9 Å². The van der Waals surface area contributed by atoms with E-state index in [9.17, 15) is 8.42 Å². The Hall–Kier alpha value is -2.73. The van der Waals surface area contributed by atoms with Gasteiger partial charge < -0.3 is 15.0 Å². The first-order valence-corrected chi connectivity index (χ1v) is 10.0. The highest BCUT2D eigenvalue weighted by atomic mass is 32.2. The summed E-state index contributed by atoms with van der Waals surface area (Å²) >= 11 is 0. The quantitative estimate of drug-likeness (QED) is 0.734. The normalized spacial score (nSPS) is 16.6. The number of benzene rings is 2. The predicted octanol–water partition coefficient (Wildman–Crippen LogP) is 3.85. The first kappa shape index (κ1) is 16.7. The maximum absolute atomic E-state index is 13.2. The second-order valence-corrected chi connectivity index (χ2v) is 8.45. The molecule has 26 heavy (non-hydrogen) atoms. The number of hydrogen-bond donors (Lipinski definition) is 2. The van der Waals surface area contributed by atoms with Crippen LogP contribution < -0.4 is 10.1 Å². The van der Waals surface area contributed by atoms with Gasteiger partial charge in [0.15, 0.2) is 9.84 Å². The van der Waals surface area contributed by atoms with Crippen LogP contribution in [0.1, 0.15) is 12.0 Å². The lowest BCUT2D eigenvalue weighted by atomic mass is 10.0. The molecule has 6 heteroatoms. The number of nitrogens with one attached hydrogen (secondary N) is 2. The Labute approximate surface area is 152 Å². The highest BCUT2D eigenvalue weighted by molar-refractivity contribution is 7.92. The van der Waals surface area contributed by atoms with Crippen LogP contribution in [0.15, 0.2) is 65.7 Å². The van der Waals surface area contributed by atoms with E-state index in [-0.39, 0.29) is 0 Å². The topological polar surface area (TPSA) is 71.2 Å². The van der Waals surface area contributed by atoms with Crippen molar-refractivity contribution >= 4 is 15.5 Å². The van der Waals surface area contributed by atoms with Crippen LogP contribution in [0.4, 0.5) is 5.69 Å². The molecule has 1 atom stereocenters. The van der Waals surface area contributed by atoms with E-state index in [0.29, 0.717) is 17.1 Å².